The summed E-state index contributed by atoms with van der Waals surface area (Å²) in [4.78, 5) is 34.1. The predicted octanol–water partition coefficient (Wildman–Crippen LogP) is 3.71. The SMILES string of the molecule is CCN(CC)C(=O)CC1=CSC2=NC(C)=C(C(=O)OC)C(c3ccc(OC)cc3OC)N12. The number of thioether (sulfide) groups is 1. The quantitative estimate of drug-likeness (QED) is 0.548. The highest BCUT2D eigenvalue weighted by Gasteiger charge is 2.42. The van der Waals surface area contributed by atoms with Crippen LogP contribution in [-0.2, 0) is 14.3 Å². The van der Waals surface area contributed by atoms with Crippen molar-refractivity contribution in [1.82, 2.24) is 9.80 Å². The predicted molar refractivity (Wildman–Crippen MR) is 124 cm³/mol. The van der Waals surface area contributed by atoms with Gasteiger partial charge < -0.3 is 24.0 Å². The molecule has 1 amide bonds. The van der Waals surface area contributed by atoms with Gasteiger partial charge in [-0.1, -0.05) is 11.8 Å². The maximum atomic E-state index is 12.9. The van der Waals surface area contributed by atoms with Crippen LogP contribution in [0.5, 0.6) is 11.5 Å². The second kappa shape index (κ2) is 10.1. The third-order valence-electron chi connectivity index (χ3n) is 5.59. The van der Waals surface area contributed by atoms with Crippen LogP contribution in [0.3, 0.4) is 0 Å². The zero-order chi connectivity index (χ0) is 23.4. The molecule has 0 aromatic heterocycles. The van der Waals surface area contributed by atoms with Gasteiger partial charge in [-0.05, 0) is 38.3 Å². The highest BCUT2D eigenvalue weighted by atomic mass is 32.2. The Hall–Kier alpha value is -2.94. The number of aliphatic imine (C=N–C) groups is 1. The Kier molecular flexibility index (Phi) is 7.50. The largest absolute Gasteiger partial charge is 0.497 e. The van der Waals surface area contributed by atoms with Crippen LogP contribution in [0.2, 0.25) is 0 Å². The summed E-state index contributed by atoms with van der Waals surface area (Å²) in [5.41, 5.74) is 2.51. The molecule has 0 saturated carbocycles. The van der Waals surface area contributed by atoms with Crippen molar-refractivity contribution in [3.8, 4) is 11.5 Å². The standard InChI is InChI=1S/C23H29N3O5S/c1-7-25(8-2)19(27)11-15-13-32-23-24-14(3)20(22(28)31-6)21(26(15)23)17-10-9-16(29-4)12-18(17)30-5/h9-10,12-13,21H,7-8,11H2,1-6H3. The molecule has 8 nitrogen and oxygen atoms in total. The van der Waals surface area contributed by atoms with Gasteiger partial charge in [0.15, 0.2) is 5.17 Å². The number of benzene rings is 1. The lowest BCUT2D eigenvalue weighted by Crippen LogP contribution is -2.38. The number of ether oxygens (including phenoxy) is 3. The number of esters is 1. The number of amidine groups is 1. The van der Waals surface area contributed by atoms with Gasteiger partial charge >= 0.3 is 5.97 Å². The number of nitrogens with zero attached hydrogens (tertiary/aromatic N) is 3. The van der Waals surface area contributed by atoms with E-state index in [2.05, 4.69) is 4.99 Å². The number of hydrogen-bond donors (Lipinski definition) is 0. The minimum atomic E-state index is -0.554. The number of carbonyl (C=O) groups is 2. The van der Waals surface area contributed by atoms with Crippen LogP contribution in [0.1, 0.15) is 38.8 Å². The third kappa shape index (κ3) is 4.34. The van der Waals surface area contributed by atoms with E-state index in [0.717, 1.165) is 11.3 Å². The van der Waals surface area contributed by atoms with E-state index in [4.69, 9.17) is 14.2 Å². The first kappa shape index (κ1) is 23.7. The van der Waals surface area contributed by atoms with E-state index in [1.807, 2.05) is 36.3 Å². The number of amides is 1. The van der Waals surface area contributed by atoms with Crippen molar-refractivity contribution in [2.24, 2.45) is 4.99 Å². The summed E-state index contributed by atoms with van der Waals surface area (Å²) in [5.74, 6) is 0.754. The summed E-state index contributed by atoms with van der Waals surface area (Å²) in [6.45, 7) is 6.98. The van der Waals surface area contributed by atoms with Crippen LogP contribution in [-0.4, -0.2) is 61.3 Å². The second-order valence-electron chi connectivity index (χ2n) is 7.24. The van der Waals surface area contributed by atoms with Crippen molar-refractivity contribution in [1.29, 1.82) is 0 Å². The van der Waals surface area contributed by atoms with Crippen molar-refractivity contribution >= 4 is 28.8 Å². The average molecular weight is 460 g/mol. The number of rotatable bonds is 8. The van der Waals surface area contributed by atoms with E-state index in [0.29, 0.717) is 41.0 Å². The van der Waals surface area contributed by atoms with Crippen molar-refractivity contribution < 1.29 is 23.8 Å². The molecule has 9 heteroatoms. The molecule has 172 valence electrons. The lowest BCUT2D eigenvalue weighted by Gasteiger charge is -2.37. The highest BCUT2D eigenvalue weighted by molar-refractivity contribution is 8.16. The molecule has 0 radical (unpaired) electrons. The molecule has 2 aliphatic rings. The highest BCUT2D eigenvalue weighted by Crippen LogP contribution is 2.47. The molecule has 0 bridgehead atoms. The number of allylic oxidation sites excluding steroid dienone is 1. The van der Waals surface area contributed by atoms with Gasteiger partial charge in [0.1, 0.15) is 11.5 Å². The Labute approximate surface area is 192 Å². The van der Waals surface area contributed by atoms with Gasteiger partial charge in [-0.3, -0.25) is 4.79 Å². The monoisotopic (exact) mass is 459 g/mol. The normalized spacial score (nSPS) is 17.4. The van der Waals surface area contributed by atoms with Gasteiger partial charge in [0.25, 0.3) is 0 Å². The van der Waals surface area contributed by atoms with E-state index in [9.17, 15) is 9.59 Å². The molecule has 3 rings (SSSR count). The molecule has 32 heavy (non-hydrogen) atoms. The summed E-state index contributed by atoms with van der Waals surface area (Å²) in [5, 5.41) is 2.64. The molecule has 0 fully saturated rings. The molecule has 0 saturated heterocycles. The van der Waals surface area contributed by atoms with Gasteiger partial charge in [0.05, 0.1) is 45.1 Å². The first-order valence-corrected chi connectivity index (χ1v) is 11.3. The average Bonchev–Trinajstić information content (AvgIpc) is 3.19. The molecule has 2 aliphatic heterocycles. The minimum absolute atomic E-state index is 0.0226. The summed E-state index contributed by atoms with van der Waals surface area (Å²) >= 11 is 1.44. The third-order valence-corrected chi connectivity index (χ3v) is 6.48. The molecule has 1 aromatic rings. The molecule has 1 aromatic carbocycles. The number of hydrogen-bond acceptors (Lipinski definition) is 8. The van der Waals surface area contributed by atoms with Crippen LogP contribution in [0.15, 0.2) is 45.6 Å². The molecular weight excluding hydrogens is 430 g/mol. The molecule has 0 spiro atoms. The van der Waals surface area contributed by atoms with Gasteiger partial charge in [-0.25, -0.2) is 9.79 Å². The summed E-state index contributed by atoms with van der Waals surface area (Å²) in [7, 11) is 4.51. The van der Waals surface area contributed by atoms with E-state index in [1.165, 1.54) is 18.9 Å². The maximum absolute atomic E-state index is 12.9. The van der Waals surface area contributed by atoms with Gasteiger partial charge in [0, 0.05) is 30.4 Å². The molecule has 2 heterocycles. The van der Waals surface area contributed by atoms with E-state index < -0.39 is 12.0 Å². The summed E-state index contributed by atoms with van der Waals surface area (Å²) in [6, 6.07) is 4.91. The maximum Gasteiger partial charge on any atom is 0.338 e. The Morgan fingerprint density at radius 2 is 1.88 bits per heavy atom. The van der Waals surface area contributed by atoms with Crippen molar-refractivity contribution in [2.75, 3.05) is 34.4 Å². The van der Waals surface area contributed by atoms with Crippen molar-refractivity contribution in [3.05, 3.63) is 46.1 Å². The fraction of sp³-hybridized carbons (Fsp3) is 0.435. The van der Waals surface area contributed by atoms with Crippen LogP contribution < -0.4 is 9.47 Å². The van der Waals surface area contributed by atoms with Crippen molar-refractivity contribution in [3.63, 3.8) is 0 Å². The molecule has 0 N–H and O–H groups in total. The van der Waals surface area contributed by atoms with Crippen LogP contribution in [0, 0.1) is 0 Å². The fourth-order valence-electron chi connectivity index (χ4n) is 3.92. The smallest absolute Gasteiger partial charge is 0.338 e. The Morgan fingerprint density at radius 3 is 2.47 bits per heavy atom. The molecule has 1 unspecified atom stereocenters. The van der Waals surface area contributed by atoms with Gasteiger partial charge in [-0.15, -0.1) is 0 Å². The number of fused-ring (bicyclic) bond motifs is 1. The van der Waals surface area contributed by atoms with Gasteiger partial charge in [-0.2, -0.15) is 0 Å². The minimum Gasteiger partial charge on any atom is -0.497 e. The van der Waals surface area contributed by atoms with E-state index >= 15 is 0 Å². The first-order chi connectivity index (χ1) is 15.4. The lowest BCUT2D eigenvalue weighted by atomic mass is 9.93. The summed E-state index contributed by atoms with van der Waals surface area (Å²) in [6.07, 6.45) is 0.205. The van der Waals surface area contributed by atoms with Crippen LogP contribution in [0.4, 0.5) is 0 Å². The Balaban J connectivity index is 2.11. The zero-order valence-electron chi connectivity index (χ0n) is 19.3. The first-order valence-electron chi connectivity index (χ1n) is 10.4. The van der Waals surface area contributed by atoms with Crippen LogP contribution >= 0.6 is 11.8 Å². The van der Waals surface area contributed by atoms with E-state index in [-0.39, 0.29) is 12.3 Å². The Morgan fingerprint density at radius 1 is 1.16 bits per heavy atom. The van der Waals surface area contributed by atoms with Crippen molar-refractivity contribution in [2.45, 2.75) is 33.2 Å². The van der Waals surface area contributed by atoms with Gasteiger partial charge in [0.2, 0.25) is 5.91 Å². The van der Waals surface area contributed by atoms with E-state index in [1.54, 1.807) is 32.1 Å². The summed E-state index contributed by atoms with van der Waals surface area (Å²) < 4.78 is 16.1. The fourth-order valence-corrected chi connectivity index (χ4v) is 4.89. The zero-order valence-corrected chi connectivity index (χ0v) is 20.1. The molecule has 0 aliphatic carbocycles. The molecular formula is C23H29N3O5S. The number of methoxy groups -OCH3 is 3. The lowest BCUT2D eigenvalue weighted by molar-refractivity contribution is -0.136. The topological polar surface area (TPSA) is 80.7 Å². The second-order valence-corrected chi connectivity index (χ2v) is 8.07. The Bertz CT molecular complexity index is 997. The molecule has 1 atom stereocenters. The number of carbonyl (C=O) groups excluding carboxylic acids is 2. The van der Waals surface area contributed by atoms with Crippen LogP contribution in [0.25, 0.3) is 0 Å².